The number of hydrogen-bond acceptors (Lipinski definition) is 1. The second-order valence-electron chi connectivity index (χ2n) is 4.45. The standard InChI is InChI=1S/C16H18O/c1-4-12-6-7-14-9-13(5-2)16(11(3)17)10-15(14)8-12/h6-10H,4-5H2,1-3H3. The van der Waals surface area contributed by atoms with Crippen molar-refractivity contribution in [1.29, 1.82) is 0 Å². The fourth-order valence-electron chi connectivity index (χ4n) is 2.23. The maximum absolute atomic E-state index is 11.6. The number of carbonyl (C=O) groups excluding carboxylic acids is 1. The van der Waals surface area contributed by atoms with E-state index >= 15 is 0 Å². The Kier molecular flexibility index (Phi) is 3.28. The SMILES string of the molecule is CCc1ccc2cc(CC)c(C(C)=O)cc2c1. The highest BCUT2D eigenvalue weighted by atomic mass is 16.1. The Morgan fingerprint density at radius 2 is 1.76 bits per heavy atom. The Morgan fingerprint density at radius 1 is 1.00 bits per heavy atom. The summed E-state index contributed by atoms with van der Waals surface area (Å²) in [5.74, 6) is 0.158. The van der Waals surface area contributed by atoms with Gasteiger partial charge >= 0.3 is 0 Å². The summed E-state index contributed by atoms with van der Waals surface area (Å²) in [4.78, 5) is 11.6. The summed E-state index contributed by atoms with van der Waals surface area (Å²) >= 11 is 0. The number of aryl methyl sites for hydroxylation is 2. The molecule has 0 N–H and O–H groups in total. The van der Waals surface area contributed by atoms with E-state index in [0.717, 1.165) is 24.0 Å². The van der Waals surface area contributed by atoms with Crippen LogP contribution in [-0.2, 0) is 12.8 Å². The molecule has 0 saturated carbocycles. The molecule has 0 bridgehead atoms. The van der Waals surface area contributed by atoms with Crippen molar-refractivity contribution in [2.45, 2.75) is 33.6 Å². The topological polar surface area (TPSA) is 17.1 Å². The van der Waals surface area contributed by atoms with Gasteiger partial charge in [-0.3, -0.25) is 4.79 Å². The van der Waals surface area contributed by atoms with E-state index in [1.807, 2.05) is 6.07 Å². The first kappa shape index (κ1) is 11.8. The van der Waals surface area contributed by atoms with Crippen LogP contribution in [0.25, 0.3) is 10.8 Å². The van der Waals surface area contributed by atoms with Crippen molar-refractivity contribution < 1.29 is 4.79 Å². The monoisotopic (exact) mass is 226 g/mol. The molecule has 0 aliphatic rings. The fourth-order valence-corrected chi connectivity index (χ4v) is 2.23. The lowest BCUT2D eigenvalue weighted by atomic mass is 9.96. The number of hydrogen-bond donors (Lipinski definition) is 0. The molecule has 0 aromatic heterocycles. The molecule has 0 radical (unpaired) electrons. The fraction of sp³-hybridized carbons (Fsp3) is 0.312. The molecule has 0 atom stereocenters. The smallest absolute Gasteiger partial charge is 0.160 e. The first-order valence-electron chi connectivity index (χ1n) is 6.22. The largest absolute Gasteiger partial charge is 0.295 e. The van der Waals surface area contributed by atoms with E-state index in [1.165, 1.54) is 16.3 Å². The molecule has 2 aromatic rings. The van der Waals surface area contributed by atoms with Gasteiger partial charge in [0.05, 0.1) is 0 Å². The highest BCUT2D eigenvalue weighted by Crippen LogP contribution is 2.22. The van der Waals surface area contributed by atoms with Crippen LogP contribution < -0.4 is 0 Å². The van der Waals surface area contributed by atoms with Gasteiger partial charge in [-0.25, -0.2) is 0 Å². The summed E-state index contributed by atoms with van der Waals surface area (Å²) < 4.78 is 0. The van der Waals surface area contributed by atoms with Crippen LogP contribution >= 0.6 is 0 Å². The maximum atomic E-state index is 11.6. The van der Waals surface area contributed by atoms with Gasteiger partial charge in [-0.2, -0.15) is 0 Å². The van der Waals surface area contributed by atoms with E-state index in [2.05, 4.69) is 38.1 Å². The molecule has 0 heterocycles. The van der Waals surface area contributed by atoms with E-state index in [9.17, 15) is 4.79 Å². The van der Waals surface area contributed by atoms with E-state index in [-0.39, 0.29) is 5.78 Å². The first-order chi connectivity index (χ1) is 8.15. The van der Waals surface area contributed by atoms with Gasteiger partial charge in [0.15, 0.2) is 5.78 Å². The van der Waals surface area contributed by atoms with Crippen molar-refractivity contribution in [3.8, 4) is 0 Å². The van der Waals surface area contributed by atoms with Crippen molar-refractivity contribution in [2.75, 3.05) is 0 Å². The zero-order chi connectivity index (χ0) is 12.4. The molecule has 0 spiro atoms. The molecular formula is C16H18O. The molecule has 1 heteroatoms. The van der Waals surface area contributed by atoms with Gasteiger partial charge in [0.25, 0.3) is 0 Å². The van der Waals surface area contributed by atoms with Crippen molar-refractivity contribution >= 4 is 16.6 Å². The molecule has 17 heavy (non-hydrogen) atoms. The minimum absolute atomic E-state index is 0.158. The summed E-state index contributed by atoms with van der Waals surface area (Å²) in [6.07, 6.45) is 1.93. The average Bonchev–Trinajstić information content (AvgIpc) is 2.36. The Morgan fingerprint density at radius 3 is 2.35 bits per heavy atom. The van der Waals surface area contributed by atoms with Crippen LogP contribution in [-0.4, -0.2) is 5.78 Å². The highest BCUT2D eigenvalue weighted by molar-refractivity contribution is 6.00. The minimum Gasteiger partial charge on any atom is -0.295 e. The van der Waals surface area contributed by atoms with Crippen molar-refractivity contribution in [3.63, 3.8) is 0 Å². The number of benzene rings is 2. The van der Waals surface area contributed by atoms with Crippen LogP contribution in [0.3, 0.4) is 0 Å². The van der Waals surface area contributed by atoms with Gasteiger partial charge in [0.2, 0.25) is 0 Å². The lowest BCUT2D eigenvalue weighted by Gasteiger charge is -2.08. The van der Waals surface area contributed by atoms with Crippen molar-refractivity contribution in [1.82, 2.24) is 0 Å². The minimum atomic E-state index is 0.158. The van der Waals surface area contributed by atoms with Gasteiger partial charge in [-0.05, 0) is 47.7 Å². The predicted molar refractivity (Wildman–Crippen MR) is 72.7 cm³/mol. The molecule has 0 amide bonds. The highest BCUT2D eigenvalue weighted by Gasteiger charge is 2.07. The Hall–Kier alpha value is -1.63. The summed E-state index contributed by atoms with van der Waals surface area (Å²) in [5.41, 5.74) is 3.33. The van der Waals surface area contributed by atoms with Gasteiger partial charge < -0.3 is 0 Å². The summed E-state index contributed by atoms with van der Waals surface area (Å²) in [7, 11) is 0. The van der Waals surface area contributed by atoms with Gasteiger partial charge in [-0.1, -0.05) is 38.1 Å². The molecule has 0 aliphatic carbocycles. The number of fused-ring (bicyclic) bond motifs is 1. The molecule has 0 aliphatic heterocycles. The molecule has 0 unspecified atom stereocenters. The van der Waals surface area contributed by atoms with E-state index in [4.69, 9.17) is 0 Å². The lowest BCUT2D eigenvalue weighted by Crippen LogP contribution is -1.99. The maximum Gasteiger partial charge on any atom is 0.160 e. The third-order valence-corrected chi connectivity index (χ3v) is 3.30. The summed E-state index contributed by atoms with van der Waals surface area (Å²) in [6.45, 7) is 5.88. The van der Waals surface area contributed by atoms with Gasteiger partial charge in [-0.15, -0.1) is 0 Å². The number of carbonyl (C=O) groups is 1. The van der Waals surface area contributed by atoms with Crippen molar-refractivity contribution in [2.24, 2.45) is 0 Å². The molecule has 88 valence electrons. The van der Waals surface area contributed by atoms with E-state index in [0.29, 0.717) is 0 Å². The molecule has 1 nitrogen and oxygen atoms in total. The van der Waals surface area contributed by atoms with Crippen LogP contribution in [0.15, 0.2) is 30.3 Å². The number of Topliss-reactive ketones (excluding diaryl/α,β-unsaturated/α-hetero) is 1. The van der Waals surface area contributed by atoms with E-state index < -0.39 is 0 Å². The Labute approximate surface area is 102 Å². The number of rotatable bonds is 3. The quantitative estimate of drug-likeness (QED) is 0.718. The first-order valence-corrected chi connectivity index (χ1v) is 6.22. The third kappa shape index (κ3) is 2.23. The van der Waals surface area contributed by atoms with Crippen LogP contribution in [0, 0.1) is 0 Å². The second kappa shape index (κ2) is 4.70. The molecular weight excluding hydrogens is 208 g/mol. The third-order valence-electron chi connectivity index (χ3n) is 3.30. The van der Waals surface area contributed by atoms with Gasteiger partial charge in [0, 0.05) is 5.56 Å². The van der Waals surface area contributed by atoms with E-state index in [1.54, 1.807) is 6.92 Å². The number of ketones is 1. The van der Waals surface area contributed by atoms with Crippen LogP contribution in [0.2, 0.25) is 0 Å². The molecule has 0 saturated heterocycles. The summed E-state index contributed by atoms with van der Waals surface area (Å²) in [5, 5.41) is 2.40. The molecule has 0 fully saturated rings. The zero-order valence-corrected chi connectivity index (χ0v) is 10.7. The normalized spacial score (nSPS) is 10.8. The second-order valence-corrected chi connectivity index (χ2v) is 4.45. The Balaban J connectivity index is 2.69. The van der Waals surface area contributed by atoms with Crippen LogP contribution in [0.4, 0.5) is 0 Å². The van der Waals surface area contributed by atoms with Gasteiger partial charge in [0.1, 0.15) is 0 Å². The predicted octanol–water partition coefficient (Wildman–Crippen LogP) is 4.17. The molecule has 2 rings (SSSR count). The van der Waals surface area contributed by atoms with Crippen molar-refractivity contribution in [3.05, 3.63) is 47.0 Å². The molecule has 2 aromatic carbocycles. The summed E-state index contributed by atoms with van der Waals surface area (Å²) in [6, 6.07) is 10.7. The zero-order valence-electron chi connectivity index (χ0n) is 10.7. The average molecular weight is 226 g/mol. The Bertz CT molecular complexity index is 567. The van der Waals surface area contributed by atoms with Crippen LogP contribution in [0.5, 0.6) is 0 Å². The lowest BCUT2D eigenvalue weighted by molar-refractivity contribution is 0.101. The van der Waals surface area contributed by atoms with Crippen LogP contribution in [0.1, 0.15) is 42.3 Å².